The number of halogens is 2. The second-order valence-electron chi connectivity index (χ2n) is 9.79. The van der Waals surface area contributed by atoms with E-state index in [2.05, 4.69) is 24.9 Å². The van der Waals surface area contributed by atoms with Gasteiger partial charge in [0.2, 0.25) is 0 Å². The number of pyridine rings is 1. The lowest BCUT2D eigenvalue weighted by atomic mass is 10.00. The minimum Gasteiger partial charge on any atom is -0.396 e. The first-order chi connectivity index (χ1) is 19.6. The van der Waals surface area contributed by atoms with Crippen molar-refractivity contribution in [2.75, 3.05) is 25.6 Å². The molecule has 2 aliphatic heterocycles. The van der Waals surface area contributed by atoms with E-state index >= 15 is 8.78 Å². The van der Waals surface area contributed by atoms with Crippen LogP contribution in [0.4, 0.5) is 14.6 Å². The number of alkyl halides is 2. The van der Waals surface area contributed by atoms with Crippen LogP contribution in [0.1, 0.15) is 18.9 Å². The molecule has 4 aromatic heterocycles. The Kier molecular flexibility index (Phi) is 7.14. The van der Waals surface area contributed by atoms with Gasteiger partial charge in [-0.1, -0.05) is 0 Å². The van der Waals surface area contributed by atoms with Crippen LogP contribution in [0.25, 0.3) is 22.2 Å². The van der Waals surface area contributed by atoms with Crippen molar-refractivity contribution < 1.29 is 37.9 Å². The number of aromatic nitrogens is 7. The molecule has 0 spiro atoms. The van der Waals surface area contributed by atoms with Crippen LogP contribution in [-0.4, -0.2) is 98.7 Å². The highest BCUT2D eigenvalue weighted by molar-refractivity contribution is 8.09. The Balaban J connectivity index is 1.26. The minimum absolute atomic E-state index is 0.0575. The molecule has 4 aromatic rings. The van der Waals surface area contributed by atoms with E-state index in [4.69, 9.17) is 31.5 Å². The Bertz CT molecular complexity index is 1710. The molecule has 8 atom stereocenters. The van der Waals surface area contributed by atoms with Crippen LogP contribution < -0.4 is 11.3 Å². The van der Waals surface area contributed by atoms with Crippen molar-refractivity contribution in [3.63, 3.8) is 0 Å². The fourth-order valence-corrected chi connectivity index (χ4v) is 8.23. The van der Waals surface area contributed by atoms with Crippen molar-refractivity contribution in [3.8, 4) is 0 Å². The molecule has 220 valence electrons. The van der Waals surface area contributed by atoms with E-state index < -0.39 is 80.5 Å². The van der Waals surface area contributed by atoms with Gasteiger partial charge in [0.1, 0.15) is 29.7 Å². The number of hydrogen-bond acceptors (Lipinski definition) is 12. The van der Waals surface area contributed by atoms with Crippen molar-refractivity contribution in [2.45, 2.75) is 48.6 Å². The third-order valence-electron chi connectivity index (χ3n) is 7.33. The Hall–Kier alpha value is -2.96. The van der Waals surface area contributed by atoms with Gasteiger partial charge in [0, 0.05) is 19.2 Å². The second kappa shape index (κ2) is 10.4. The monoisotopic (exact) mass is 614 g/mol. The molecule has 2 aliphatic rings. The number of ether oxygens (including phenoxy) is 2. The molecule has 2 saturated heterocycles. The van der Waals surface area contributed by atoms with Gasteiger partial charge >= 0.3 is 0 Å². The standard InChI is InChI=1S/C22H25F2N8O7PS/c23-12-15(34)11(39-20(12)32-9-30-14-17(25)27-7-28-18(14)32)5-38-40(36,41)16-21(37-6-22(16,24)2-4-33)31-8-29-13-10(31)1-3-26-19(13)35/h1,3,7-9,11-12,15-16,20-21,33-34H,2,4-6H2,(H,26,35)(H,36,41)(H2,25,27,28)/t11-,12+,15-,16+,20-,21-,22-,40?/m1/s1. The lowest BCUT2D eigenvalue weighted by Gasteiger charge is -2.34. The van der Waals surface area contributed by atoms with Gasteiger partial charge in [0.05, 0.1) is 31.4 Å². The largest absolute Gasteiger partial charge is 0.396 e. The fourth-order valence-electron chi connectivity index (χ4n) is 5.31. The van der Waals surface area contributed by atoms with Gasteiger partial charge in [-0.25, -0.2) is 28.7 Å². The number of H-pyrrole nitrogens is 1. The summed E-state index contributed by atoms with van der Waals surface area (Å²) >= 11 is 5.42. The summed E-state index contributed by atoms with van der Waals surface area (Å²) in [7, 11) is 0. The van der Waals surface area contributed by atoms with Gasteiger partial charge in [-0.2, -0.15) is 0 Å². The average molecular weight is 615 g/mol. The average Bonchev–Trinajstić information content (AvgIpc) is 3.69. The summed E-state index contributed by atoms with van der Waals surface area (Å²) in [6, 6.07) is 1.53. The normalized spacial score (nSPS) is 31.7. The first kappa shape index (κ1) is 28.2. The molecule has 15 nitrogen and oxygen atoms in total. The molecular weight excluding hydrogens is 589 g/mol. The van der Waals surface area contributed by atoms with E-state index in [0.717, 1.165) is 0 Å². The summed E-state index contributed by atoms with van der Waals surface area (Å²) in [5, 5.41) is 20.2. The zero-order valence-electron chi connectivity index (χ0n) is 21.0. The first-order valence-electron chi connectivity index (χ1n) is 12.4. The third-order valence-corrected chi connectivity index (χ3v) is 10.3. The lowest BCUT2D eigenvalue weighted by Crippen LogP contribution is -2.40. The Morgan fingerprint density at radius 1 is 1.24 bits per heavy atom. The third kappa shape index (κ3) is 4.64. The van der Waals surface area contributed by atoms with E-state index in [1.54, 1.807) is 0 Å². The smallest absolute Gasteiger partial charge is 0.276 e. The van der Waals surface area contributed by atoms with Crippen LogP contribution >= 0.6 is 6.49 Å². The number of imidazole rings is 2. The molecule has 0 amide bonds. The van der Waals surface area contributed by atoms with Crippen LogP contribution in [0.2, 0.25) is 0 Å². The van der Waals surface area contributed by atoms with Gasteiger partial charge < -0.3 is 44.4 Å². The topological polar surface area (TPSA) is 209 Å². The number of nitrogen functional groups attached to an aromatic ring is 1. The maximum Gasteiger partial charge on any atom is 0.276 e. The zero-order valence-corrected chi connectivity index (χ0v) is 22.7. The van der Waals surface area contributed by atoms with Crippen LogP contribution in [0.3, 0.4) is 0 Å². The quantitative estimate of drug-likeness (QED) is 0.166. The summed E-state index contributed by atoms with van der Waals surface area (Å²) in [6.45, 7) is -5.90. The summed E-state index contributed by atoms with van der Waals surface area (Å²) in [4.78, 5) is 42.1. The number of fused-ring (bicyclic) bond motifs is 2. The molecule has 1 unspecified atom stereocenters. The summed E-state index contributed by atoms with van der Waals surface area (Å²) < 4.78 is 51.1. The minimum atomic E-state index is -4.18. The van der Waals surface area contributed by atoms with Crippen LogP contribution in [0, 0.1) is 0 Å². The van der Waals surface area contributed by atoms with E-state index in [9.17, 15) is 19.9 Å². The lowest BCUT2D eigenvalue weighted by molar-refractivity contribution is -0.0420. The van der Waals surface area contributed by atoms with Crippen molar-refractivity contribution in [3.05, 3.63) is 41.6 Å². The maximum atomic E-state index is 16.2. The van der Waals surface area contributed by atoms with Crippen LogP contribution in [-0.2, 0) is 25.8 Å². The molecule has 41 heavy (non-hydrogen) atoms. The Labute approximate surface area is 234 Å². The summed E-state index contributed by atoms with van der Waals surface area (Å²) in [5.41, 5.74) is 2.20. The van der Waals surface area contributed by atoms with E-state index in [0.29, 0.717) is 5.52 Å². The predicted octanol–water partition coefficient (Wildman–Crippen LogP) is 0.0496. The highest BCUT2D eigenvalue weighted by Crippen LogP contribution is 2.61. The Morgan fingerprint density at radius 3 is 2.78 bits per heavy atom. The maximum absolute atomic E-state index is 16.2. The number of nitrogens with one attached hydrogen (secondary N) is 1. The first-order valence-corrected chi connectivity index (χ1v) is 15.1. The highest BCUT2D eigenvalue weighted by Gasteiger charge is 2.58. The summed E-state index contributed by atoms with van der Waals surface area (Å²) in [5.74, 6) is 0.0738. The summed E-state index contributed by atoms with van der Waals surface area (Å²) in [6.07, 6.45) is -3.00. The van der Waals surface area contributed by atoms with Crippen molar-refractivity contribution >= 4 is 46.3 Å². The van der Waals surface area contributed by atoms with Crippen molar-refractivity contribution in [1.29, 1.82) is 0 Å². The van der Waals surface area contributed by atoms with Gasteiger partial charge in [-0.05, 0) is 17.9 Å². The van der Waals surface area contributed by atoms with E-state index in [-0.39, 0.29) is 22.5 Å². The predicted molar refractivity (Wildman–Crippen MR) is 142 cm³/mol. The zero-order chi connectivity index (χ0) is 29.1. The van der Waals surface area contributed by atoms with Gasteiger partial charge in [0.25, 0.3) is 5.56 Å². The van der Waals surface area contributed by atoms with Crippen LogP contribution in [0.5, 0.6) is 0 Å². The van der Waals surface area contributed by atoms with Crippen LogP contribution in [0.15, 0.2) is 36.0 Å². The second-order valence-corrected chi connectivity index (χ2v) is 13.3. The molecule has 0 saturated carbocycles. The number of aliphatic hydroxyl groups is 2. The number of anilines is 1. The number of aliphatic hydroxyl groups excluding tert-OH is 2. The van der Waals surface area contributed by atoms with Gasteiger partial charge in [0.15, 0.2) is 47.8 Å². The molecule has 19 heteroatoms. The number of rotatable bonds is 8. The molecule has 0 aliphatic carbocycles. The van der Waals surface area contributed by atoms with E-state index in [1.807, 2.05) is 0 Å². The van der Waals surface area contributed by atoms with Crippen molar-refractivity contribution in [1.82, 2.24) is 34.1 Å². The van der Waals surface area contributed by atoms with E-state index in [1.165, 1.54) is 40.4 Å². The molecule has 6 N–H and O–H groups in total. The molecular formula is C22H25F2N8O7PS. The number of nitrogens with two attached hydrogens (primary N) is 1. The molecule has 0 bridgehead atoms. The van der Waals surface area contributed by atoms with Crippen molar-refractivity contribution in [2.24, 2.45) is 0 Å². The molecule has 6 heterocycles. The highest BCUT2D eigenvalue weighted by atomic mass is 32.5. The Morgan fingerprint density at radius 2 is 2.00 bits per heavy atom. The number of aromatic amines is 1. The number of hydrogen-bond donors (Lipinski definition) is 5. The van der Waals surface area contributed by atoms with Gasteiger partial charge in [-0.3, -0.25) is 9.36 Å². The SMILES string of the molecule is Nc1ncnc2c1ncn2[C@@H]1O[C@H](COP(O)(=S)[C@H]2[C@H](n3cnc4c(=O)[nH]ccc43)OC[C@]2(F)CCO)[C@@H](O)[C@@H]1F. The fraction of sp³-hybridized carbons (Fsp3) is 0.500. The molecule has 6 rings (SSSR count). The molecule has 0 aromatic carbocycles. The molecule has 0 radical (unpaired) electrons. The molecule has 2 fully saturated rings. The van der Waals surface area contributed by atoms with Gasteiger partial charge in [-0.15, -0.1) is 0 Å². The number of nitrogens with zero attached hydrogens (tertiary/aromatic N) is 6.